The Hall–Kier alpha value is -3.39. The van der Waals surface area contributed by atoms with Crippen molar-refractivity contribution in [2.45, 2.75) is 181 Å². The number of hydrogen-bond acceptors (Lipinski definition) is 2. The Balaban J connectivity index is 1.50. The van der Waals surface area contributed by atoms with Gasteiger partial charge in [0, 0.05) is 36.6 Å². The lowest BCUT2D eigenvalue weighted by Gasteiger charge is -2.38. The molecule has 0 spiro atoms. The van der Waals surface area contributed by atoms with E-state index in [1.165, 1.54) is 112 Å². The highest BCUT2D eigenvalue weighted by atomic mass is 32.1. The van der Waals surface area contributed by atoms with Gasteiger partial charge in [-0.15, -0.1) is 33.8 Å². The summed E-state index contributed by atoms with van der Waals surface area (Å²) in [5, 5.41) is 2.63. The zero-order valence-electron chi connectivity index (χ0n) is 40.7. The molecule has 1 atom stereocenters. The predicted octanol–water partition coefficient (Wildman–Crippen LogP) is 16.4. The Kier molecular flexibility index (Phi) is 14.3. The summed E-state index contributed by atoms with van der Waals surface area (Å²) in [6, 6.07) is 21.9. The summed E-state index contributed by atoms with van der Waals surface area (Å²) in [5.74, 6) is 8.52. The normalized spacial score (nSPS) is 15.8. The lowest BCUT2D eigenvalue weighted by Crippen LogP contribution is -2.43. The van der Waals surface area contributed by atoms with Crippen LogP contribution < -0.4 is 10.4 Å². The summed E-state index contributed by atoms with van der Waals surface area (Å²) in [6.07, 6.45) is 13.5. The second kappa shape index (κ2) is 19.0. The van der Waals surface area contributed by atoms with Crippen LogP contribution in [0, 0.1) is 22.9 Å². The highest BCUT2D eigenvalue weighted by molar-refractivity contribution is 7.15. The van der Waals surface area contributed by atoms with Gasteiger partial charge in [-0.1, -0.05) is 146 Å². The number of unbranched alkanes of at least 4 members (excludes halogenated alkanes) is 2. The van der Waals surface area contributed by atoms with Crippen LogP contribution in [0.3, 0.4) is 0 Å². The number of rotatable bonds is 14. The standard InChI is InChI=1S/C58H74S2Si2/c1-15-17-19-45-23-27-57(59-45)43-21-25-47-51(33-43)49(29-31-61(37(3)4,38(5)6)39(7)8)55-36-54-48-26-22-44(58-28-24-46(60-58)20-18-16-2)34-52(48)50(56(54)35-53(47)55)30-32-62(40(9)10,41(11)12)42(13)14/h21,23-28,33-42,44H,15-20,22H2,1-14H3. The van der Waals surface area contributed by atoms with E-state index in [4.69, 9.17) is 0 Å². The van der Waals surface area contributed by atoms with Crippen molar-refractivity contribution in [1.29, 1.82) is 0 Å². The van der Waals surface area contributed by atoms with E-state index in [9.17, 15) is 0 Å². The fraction of sp³-hybridized carbons (Fsp3) is 0.483. The molecule has 2 aromatic carbocycles. The topological polar surface area (TPSA) is 0 Å². The van der Waals surface area contributed by atoms with Crippen LogP contribution in [0.2, 0.25) is 33.2 Å². The van der Waals surface area contributed by atoms with Crippen LogP contribution in [0.5, 0.6) is 0 Å². The third-order valence-corrected chi connectivity index (χ3v) is 30.2. The highest BCUT2D eigenvalue weighted by Gasteiger charge is 2.43. The molecule has 4 aromatic rings. The van der Waals surface area contributed by atoms with Crippen molar-refractivity contribution in [3.63, 3.8) is 0 Å². The van der Waals surface area contributed by atoms with E-state index in [2.05, 4.69) is 187 Å². The molecule has 0 saturated heterocycles. The summed E-state index contributed by atoms with van der Waals surface area (Å²) in [4.78, 5) is 5.86. The van der Waals surface area contributed by atoms with Gasteiger partial charge in [-0.3, -0.25) is 0 Å². The number of fused-ring (bicyclic) bond motifs is 6. The van der Waals surface area contributed by atoms with Gasteiger partial charge >= 0.3 is 0 Å². The van der Waals surface area contributed by atoms with Crippen LogP contribution in [0.4, 0.5) is 0 Å². The Labute approximate surface area is 387 Å². The average Bonchev–Trinajstić information content (AvgIpc) is 4.02. The van der Waals surface area contributed by atoms with E-state index in [0.717, 1.165) is 12.8 Å². The van der Waals surface area contributed by atoms with Crippen LogP contribution in [-0.2, 0) is 12.8 Å². The fourth-order valence-electron chi connectivity index (χ4n) is 11.8. The quantitative estimate of drug-likeness (QED) is 0.0874. The zero-order chi connectivity index (χ0) is 44.7. The van der Waals surface area contributed by atoms with E-state index in [1.54, 1.807) is 0 Å². The molecule has 62 heavy (non-hydrogen) atoms. The lowest BCUT2D eigenvalue weighted by atomic mass is 9.87. The minimum absolute atomic E-state index is 0.377. The van der Waals surface area contributed by atoms with Crippen LogP contribution in [0.1, 0.15) is 161 Å². The van der Waals surface area contributed by atoms with Crippen molar-refractivity contribution in [2.24, 2.45) is 0 Å². The number of aryl methyl sites for hydroxylation is 2. The Morgan fingerprint density at radius 1 is 0.548 bits per heavy atom. The number of thiophene rings is 2. The van der Waals surface area contributed by atoms with Gasteiger partial charge in [0.15, 0.2) is 0 Å². The van der Waals surface area contributed by atoms with Gasteiger partial charge in [-0.05, 0) is 157 Å². The van der Waals surface area contributed by atoms with E-state index in [1.807, 2.05) is 22.7 Å². The van der Waals surface area contributed by atoms with Crippen molar-refractivity contribution in [3.8, 4) is 44.5 Å². The Morgan fingerprint density at radius 2 is 1.08 bits per heavy atom. The summed E-state index contributed by atoms with van der Waals surface area (Å²) in [6.45, 7) is 33.9. The molecule has 3 aliphatic carbocycles. The summed E-state index contributed by atoms with van der Waals surface area (Å²) in [5.41, 5.74) is 23.7. The second-order valence-electron chi connectivity index (χ2n) is 20.6. The predicted molar refractivity (Wildman–Crippen MR) is 283 cm³/mol. The molecule has 0 fully saturated rings. The van der Waals surface area contributed by atoms with Crippen LogP contribution in [-0.4, -0.2) is 16.1 Å². The molecule has 0 nitrogen and oxygen atoms in total. The fourth-order valence-corrected chi connectivity index (χ4v) is 24.4. The van der Waals surface area contributed by atoms with Gasteiger partial charge in [-0.2, -0.15) is 0 Å². The van der Waals surface area contributed by atoms with Gasteiger partial charge in [-0.25, -0.2) is 0 Å². The largest absolute Gasteiger partial charge is 0.146 e. The van der Waals surface area contributed by atoms with E-state index in [0.29, 0.717) is 39.2 Å². The van der Waals surface area contributed by atoms with Crippen molar-refractivity contribution in [1.82, 2.24) is 0 Å². The van der Waals surface area contributed by atoms with Gasteiger partial charge in [0.05, 0.1) is 0 Å². The summed E-state index contributed by atoms with van der Waals surface area (Å²) in [7, 11) is -4.00. The first-order valence-electron chi connectivity index (χ1n) is 24.3. The molecule has 0 aliphatic heterocycles. The average molecular weight is 892 g/mol. The third-order valence-electron chi connectivity index (χ3n) is 15.2. The van der Waals surface area contributed by atoms with Gasteiger partial charge in [0.2, 0.25) is 0 Å². The molecular formula is C58H74S2Si2. The molecule has 2 heterocycles. The highest BCUT2D eigenvalue weighted by Crippen LogP contribution is 2.46. The first-order chi connectivity index (χ1) is 29.6. The van der Waals surface area contributed by atoms with Crippen molar-refractivity contribution in [2.75, 3.05) is 0 Å². The van der Waals surface area contributed by atoms with E-state index in [-0.39, 0.29) is 0 Å². The molecule has 7 rings (SSSR count). The second-order valence-corrected chi connectivity index (χ2v) is 34.1. The SMILES string of the molecule is CCCCc1ccc(-c2ccc3c(c2)C(C#C[Si](C(C)C)(C(C)C)C(C)C)=c2cc4c(cc2-3)=C(C#C[Si](C(C)C)(C(C)C)C(C)C)C2=CC(c3ccc(CCCC)s3)CC=C24)s1. The van der Waals surface area contributed by atoms with Crippen molar-refractivity contribution in [3.05, 3.63) is 109 Å². The van der Waals surface area contributed by atoms with Crippen molar-refractivity contribution >= 4 is 55.5 Å². The smallest absolute Gasteiger partial charge is 0.145 e. The Bertz CT molecular complexity index is 2580. The molecule has 0 amide bonds. The minimum atomic E-state index is -2.00. The van der Waals surface area contributed by atoms with Gasteiger partial charge < -0.3 is 0 Å². The van der Waals surface area contributed by atoms with Crippen LogP contribution >= 0.6 is 22.7 Å². The Morgan fingerprint density at radius 3 is 1.66 bits per heavy atom. The molecule has 0 radical (unpaired) electrons. The zero-order valence-corrected chi connectivity index (χ0v) is 44.3. The number of allylic oxidation sites excluding steroid dienone is 4. The minimum Gasteiger partial charge on any atom is -0.145 e. The van der Waals surface area contributed by atoms with Crippen LogP contribution in [0.25, 0.3) is 38.3 Å². The maximum absolute atomic E-state index is 4.20. The first kappa shape index (κ1) is 46.6. The molecule has 4 heteroatoms. The molecule has 2 aromatic heterocycles. The molecule has 0 N–H and O–H groups in total. The molecule has 0 saturated carbocycles. The molecular weight excluding hydrogens is 817 g/mol. The van der Waals surface area contributed by atoms with Gasteiger partial charge in [0.25, 0.3) is 0 Å². The number of benzene rings is 2. The lowest BCUT2D eigenvalue weighted by molar-refractivity contribution is 0.804. The van der Waals surface area contributed by atoms with Gasteiger partial charge in [0.1, 0.15) is 16.1 Å². The van der Waals surface area contributed by atoms with E-state index >= 15 is 0 Å². The summed E-state index contributed by atoms with van der Waals surface area (Å²) >= 11 is 3.99. The first-order valence-corrected chi connectivity index (χ1v) is 30.4. The van der Waals surface area contributed by atoms with E-state index < -0.39 is 16.1 Å². The molecule has 326 valence electrons. The molecule has 0 bridgehead atoms. The monoisotopic (exact) mass is 890 g/mol. The summed E-state index contributed by atoms with van der Waals surface area (Å²) < 4.78 is 0. The molecule has 1 unspecified atom stereocenters. The molecule has 3 aliphatic rings. The van der Waals surface area contributed by atoms with Crippen molar-refractivity contribution < 1.29 is 0 Å². The third kappa shape index (κ3) is 8.37. The van der Waals surface area contributed by atoms with Crippen LogP contribution in [0.15, 0.2) is 72.3 Å². The maximum atomic E-state index is 4.20. The maximum Gasteiger partial charge on any atom is 0.146 e. The number of hydrogen-bond donors (Lipinski definition) is 0.